The van der Waals surface area contributed by atoms with E-state index in [2.05, 4.69) is 9.47 Å². The molecule has 0 saturated carbocycles. The molecule has 174 valence electrons. The number of rotatable bonds is 7. The fraction of sp³-hybridized carbons (Fsp3) is 0.750. The van der Waals surface area contributed by atoms with Crippen LogP contribution in [-0.4, -0.2) is 109 Å². The van der Waals surface area contributed by atoms with Gasteiger partial charge in [-0.05, 0) is 0 Å². The predicted molar refractivity (Wildman–Crippen MR) is 95.9 cm³/mol. The summed E-state index contributed by atoms with van der Waals surface area (Å²) in [6.45, 7) is 2.32. The van der Waals surface area contributed by atoms with E-state index in [4.69, 9.17) is 41.4 Å². The lowest BCUT2D eigenvalue weighted by Crippen LogP contribution is -2.48. The zero-order chi connectivity index (χ0) is 23.4. The van der Waals surface area contributed by atoms with Crippen LogP contribution < -0.4 is 11.5 Å². The van der Waals surface area contributed by atoms with Gasteiger partial charge < -0.3 is 50.8 Å². The van der Waals surface area contributed by atoms with Gasteiger partial charge in [-0.2, -0.15) is 0 Å². The Bertz CT molecular complexity index is 529. The summed E-state index contributed by atoms with van der Waals surface area (Å²) in [6.07, 6.45) is -4.53. The Morgan fingerprint density at radius 2 is 1.03 bits per heavy atom. The molecule has 14 nitrogen and oxygen atoms in total. The van der Waals surface area contributed by atoms with Crippen LogP contribution in [0.5, 0.6) is 0 Å². The second-order valence-corrected chi connectivity index (χ2v) is 6.26. The molecule has 0 amide bonds. The van der Waals surface area contributed by atoms with E-state index in [9.17, 15) is 19.2 Å². The Labute approximate surface area is 171 Å². The summed E-state index contributed by atoms with van der Waals surface area (Å²) in [6, 6.07) is -1.00. The van der Waals surface area contributed by atoms with E-state index in [0.29, 0.717) is 26.4 Å². The van der Waals surface area contributed by atoms with Crippen LogP contribution >= 0.6 is 0 Å². The van der Waals surface area contributed by atoms with Crippen LogP contribution in [0.1, 0.15) is 0 Å². The van der Waals surface area contributed by atoms with Gasteiger partial charge in [-0.25, -0.2) is 9.59 Å². The lowest BCUT2D eigenvalue weighted by molar-refractivity contribution is -0.165. The average Bonchev–Trinajstić information content (AvgIpc) is 2.63. The molecule has 14 heteroatoms. The molecule has 2 aliphatic heterocycles. The van der Waals surface area contributed by atoms with Gasteiger partial charge in [-0.15, -0.1) is 0 Å². The maximum Gasteiger partial charge on any atom is 0.335 e. The minimum Gasteiger partial charge on any atom is -0.479 e. The van der Waals surface area contributed by atoms with Crippen LogP contribution in [0.25, 0.3) is 0 Å². The SMILES string of the molecule is COC(=O)C(N)C1COC1.COC(=O)C(N)C1COC1.O=C(O)[C@@H](O)[C@H](O)C(=O)O. The monoisotopic (exact) mass is 440 g/mol. The number of ether oxygens (including phenoxy) is 4. The van der Waals surface area contributed by atoms with Crippen LogP contribution in [0.3, 0.4) is 0 Å². The Morgan fingerprint density at radius 1 is 0.767 bits per heavy atom. The van der Waals surface area contributed by atoms with Crippen molar-refractivity contribution in [3.8, 4) is 0 Å². The molecule has 0 spiro atoms. The first-order chi connectivity index (χ1) is 14.0. The molecule has 0 radical (unpaired) electrons. The van der Waals surface area contributed by atoms with Gasteiger partial charge in [-0.1, -0.05) is 0 Å². The van der Waals surface area contributed by atoms with E-state index in [1.165, 1.54) is 14.2 Å². The number of nitrogens with two attached hydrogens (primary N) is 2. The molecule has 0 aliphatic carbocycles. The molecule has 30 heavy (non-hydrogen) atoms. The summed E-state index contributed by atoms with van der Waals surface area (Å²) in [5.74, 6) is -3.92. The van der Waals surface area contributed by atoms with Crippen molar-refractivity contribution >= 4 is 23.9 Å². The lowest BCUT2D eigenvalue weighted by Gasteiger charge is -2.29. The van der Waals surface area contributed by atoms with Gasteiger partial charge in [0.05, 0.1) is 40.6 Å². The number of carbonyl (C=O) groups excluding carboxylic acids is 2. The number of aliphatic hydroxyl groups is 2. The second-order valence-electron chi connectivity index (χ2n) is 6.26. The smallest absolute Gasteiger partial charge is 0.335 e. The van der Waals surface area contributed by atoms with E-state index in [-0.39, 0.29) is 23.8 Å². The first kappa shape index (κ1) is 27.6. The number of esters is 2. The van der Waals surface area contributed by atoms with Crippen molar-refractivity contribution in [1.82, 2.24) is 0 Å². The summed E-state index contributed by atoms with van der Waals surface area (Å²) in [5.41, 5.74) is 11.0. The van der Waals surface area contributed by atoms with Gasteiger partial charge in [0.15, 0.2) is 12.2 Å². The number of hydrogen-bond acceptors (Lipinski definition) is 12. The molecule has 0 aromatic heterocycles. The molecule has 4 atom stereocenters. The van der Waals surface area contributed by atoms with Crippen molar-refractivity contribution in [3.05, 3.63) is 0 Å². The fourth-order valence-corrected chi connectivity index (χ4v) is 1.85. The third-order valence-corrected chi connectivity index (χ3v) is 4.10. The van der Waals surface area contributed by atoms with Crippen LogP contribution in [0.2, 0.25) is 0 Å². The normalized spacial score (nSPS) is 19.5. The highest BCUT2D eigenvalue weighted by Gasteiger charge is 2.32. The maximum absolute atomic E-state index is 10.7. The molecular weight excluding hydrogens is 412 g/mol. The number of hydrogen-bond donors (Lipinski definition) is 6. The van der Waals surface area contributed by atoms with Crippen molar-refractivity contribution in [3.63, 3.8) is 0 Å². The third kappa shape index (κ3) is 8.98. The molecule has 0 aromatic carbocycles. The molecule has 2 fully saturated rings. The van der Waals surface area contributed by atoms with Gasteiger partial charge in [0.1, 0.15) is 12.1 Å². The van der Waals surface area contributed by atoms with Gasteiger partial charge in [-0.3, -0.25) is 9.59 Å². The number of carboxylic acids is 2. The summed E-state index contributed by atoms with van der Waals surface area (Å²) >= 11 is 0. The van der Waals surface area contributed by atoms with Gasteiger partial charge >= 0.3 is 23.9 Å². The standard InChI is InChI=1S/2C6H11NO3.C4H6O6/c2*1-9-6(8)5(7)4-2-10-3-4;5-1(3(7)8)2(6)4(9)10/h2*4-5H,2-3,7H2,1H3;1-2,5-6H,(H,7,8)(H,9,10)/t;;1-,2-/m..0/s1. The summed E-state index contributed by atoms with van der Waals surface area (Å²) in [5, 5.41) is 32.5. The van der Waals surface area contributed by atoms with Crippen molar-refractivity contribution in [2.24, 2.45) is 23.3 Å². The number of methoxy groups -OCH3 is 2. The summed E-state index contributed by atoms with van der Waals surface area (Å²) in [4.78, 5) is 41.0. The first-order valence-corrected chi connectivity index (χ1v) is 8.61. The van der Waals surface area contributed by atoms with Crippen LogP contribution in [0.4, 0.5) is 0 Å². The number of aliphatic hydroxyl groups excluding tert-OH is 2. The van der Waals surface area contributed by atoms with Crippen molar-refractivity contribution in [1.29, 1.82) is 0 Å². The predicted octanol–water partition coefficient (Wildman–Crippen LogP) is -3.86. The highest BCUT2D eigenvalue weighted by molar-refractivity contribution is 5.83. The maximum atomic E-state index is 10.7. The molecule has 2 unspecified atom stereocenters. The Hall–Kier alpha value is -2.36. The minimum atomic E-state index is -2.27. The molecule has 0 bridgehead atoms. The van der Waals surface area contributed by atoms with Crippen LogP contribution in [-0.2, 0) is 38.1 Å². The highest BCUT2D eigenvalue weighted by Crippen LogP contribution is 2.14. The molecule has 2 heterocycles. The van der Waals surface area contributed by atoms with Crippen molar-refractivity contribution in [2.75, 3.05) is 40.6 Å². The first-order valence-electron chi connectivity index (χ1n) is 8.61. The zero-order valence-corrected chi connectivity index (χ0v) is 16.5. The minimum absolute atomic E-state index is 0.160. The summed E-state index contributed by atoms with van der Waals surface area (Å²) < 4.78 is 18.6. The largest absolute Gasteiger partial charge is 0.479 e. The Morgan fingerprint density at radius 3 is 1.17 bits per heavy atom. The van der Waals surface area contributed by atoms with E-state index in [1.807, 2.05) is 0 Å². The highest BCUT2D eigenvalue weighted by atomic mass is 16.5. The van der Waals surface area contributed by atoms with E-state index >= 15 is 0 Å². The molecule has 2 aliphatic rings. The van der Waals surface area contributed by atoms with Crippen LogP contribution in [0.15, 0.2) is 0 Å². The van der Waals surface area contributed by atoms with Crippen molar-refractivity contribution in [2.45, 2.75) is 24.3 Å². The van der Waals surface area contributed by atoms with Crippen LogP contribution in [0, 0.1) is 11.8 Å². The zero-order valence-electron chi connectivity index (χ0n) is 16.5. The van der Waals surface area contributed by atoms with E-state index in [1.54, 1.807) is 0 Å². The summed E-state index contributed by atoms with van der Waals surface area (Å²) in [7, 11) is 2.67. The van der Waals surface area contributed by atoms with Crippen molar-refractivity contribution < 1.29 is 58.6 Å². The Balaban J connectivity index is 0.000000420. The Kier molecular flexibility index (Phi) is 12.7. The second kappa shape index (κ2) is 13.8. The van der Waals surface area contributed by atoms with E-state index < -0.39 is 36.2 Å². The molecule has 2 rings (SSSR count). The van der Waals surface area contributed by atoms with Gasteiger partial charge in [0.25, 0.3) is 0 Å². The van der Waals surface area contributed by atoms with Gasteiger partial charge in [0.2, 0.25) is 0 Å². The number of aliphatic carboxylic acids is 2. The van der Waals surface area contributed by atoms with Gasteiger partial charge in [0, 0.05) is 11.8 Å². The molecular formula is C16H28N2O12. The molecule has 0 aromatic rings. The lowest BCUT2D eigenvalue weighted by atomic mass is 9.99. The average molecular weight is 440 g/mol. The molecule has 2 saturated heterocycles. The fourth-order valence-electron chi connectivity index (χ4n) is 1.85. The molecule has 8 N–H and O–H groups in total. The third-order valence-electron chi connectivity index (χ3n) is 4.10. The number of carboxylic acid groups (broad SMARTS) is 2. The number of carbonyl (C=O) groups is 4. The topological polar surface area (TPSA) is 238 Å². The van der Waals surface area contributed by atoms with E-state index in [0.717, 1.165) is 0 Å². The quantitative estimate of drug-likeness (QED) is 0.208.